The normalized spacial score (nSPS) is 32.3. The third-order valence-electron chi connectivity index (χ3n) is 9.78. The maximum absolute atomic E-state index is 11.7. The number of aryl methyl sites for hydroxylation is 1. The Labute approximate surface area is 233 Å². The molecule has 2 saturated carbocycles. The number of hydrogen-bond donors (Lipinski definition) is 2. The van der Waals surface area contributed by atoms with Gasteiger partial charge in [-0.2, -0.15) is 0 Å². The summed E-state index contributed by atoms with van der Waals surface area (Å²) in [6.45, 7) is 8.56. The number of fused-ring (bicyclic) bond motifs is 5. The molecule has 0 amide bonds. The molecule has 0 heterocycles. The van der Waals surface area contributed by atoms with Crippen molar-refractivity contribution in [1.82, 2.24) is 0 Å². The molecule has 0 radical (unpaired) electrons. The summed E-state index contributed by atoms with van der Waals surface area (Å²) >= 11 is 0. The Hall–Kier alpha value is -0.210. The van der Waals surface area contributed by atoms with E-state index in [0.717, 1.165) is 50.5 Å². The minimum absolute atomic E-state index is 0. The number of aliphatic hydroxyl groups is 2. The molecule has 3 aliphatic carbocycles. The molecule has 0 bridgehead atoms. The van der Waals surface area contributed by atoms with Gasteiger partial charge in [0, 0.05) is 12.0 Å². The van der Waals surface area contributed by atoms with Crippen molar-refractivity contribution in [2.75, 3.05) is 6.61 Å². The molecule has 1 aromatic rings. The van der Waals surface area contributed by atoms with E-state index >= 15 is 0 Å². The van der Waals surface area contributed by atoms with Crippen molar-refractivity contribution < 1.29 is 52.7 Å². The molecule has 3 aliphatic rings. The molecule has 0 unspecified atom stereocenters. The minimum atomic E-state index is -4.45. The van der Waals surface area contributed by atoms with Gasteiger partial charge in [0.25, 0.3) is 0 Å². The van der Waals surface area contributed by atoms with Gasteiger partial charge in [-0.05, 0) is 118 Å². The summed E-state index contributed by atoms with van der Waals surface area (Å²) in [7, 11) is -4.45. The Morgan fingerprint density at radius 3 is 2.57 bits per heavy atom. The molecule has 0 spiro atoms. The Balaban J connectivity index is 0.00000342. The molecule has 4 rings (SSSR count). The van der Waals surface area contributed by atoms with Crippen LogP contribution in [0, 0.1) is 29.1 Å². The molecule has 6 atom stereocenters. The van der Waals surface area contributed by atoms with Crippen molar-refractivity contribution in [3.8, 4) is 0 Å². The van der Waals surface area contributed by atoms with Gasteiger partial charge in [0.1, 0.15) is 10.1 Å². The van der Waals surface area contributed by atoms with Crippen LogP contribution >= 0.6 is 0 Å². The first-order valence-corrected chi connectivity index (χ1v) is 14.4. The van der Waals surface area contributed by atoms with Crippen molar-refractivity contribution >= 4 is 10.1 Å². The quantitative estimate of drug-likeness (QED) is 0.332. The van der Waals surface area contributed by atoms with Crippen LogP contribution in [-0.4, -0.2) is 35.4 Å². The smallest absolute Gasteiger partial charge is 0.744 e. The summed E-state index contributed by atoms with van der Waals surface area (Å²) in [5.74, 6) is 1.66. The fourth-order valence-corrected chi connectivity index (χ4v) is 8.62. The number of rotatable bonds is 7. The molecule has 190 valence electrons. The average molecular weight is 513 g/mol. The molecule has 7 heteroatoms. The summed E-state index contributed by atoms with van der Waals surface area (Å²) < 4.78 is 34.5. The second-order valence-electron chi connectivity index (χ2n) is 11.7. The van der Waals surface area contributed by atoms with Gasteiger partial charge in [0.05, 0.1) is 10.5 Å². The first-order chi connectivity index (χ1) is 15.9. The Kier molecular flexibility index (Phi) is 9.12. The zero-order valence-corrected chi connectivity index (χ0v) is 24.9. The van der Waals surface area contributed by atoms with Crippen LogP contribution in [0.3, 0.4) is 0 Å². The van der Waals surface area contributed by atoms with Gasteiger partial charge in [-0.3, -0.25) is 0 Å². The molecule has 2 fully saturated rings. The molecule has 1 aromatic carbocycles. The largest absolute Gasteiger partial charge is 1.00 e. The Bertz CT molecular complexity index is 1050. The Morgan fingerprint density at radius 2 is 1.97 bits per heavy atom. The predicted octanol–water partition coefficient (Wildman–Crippen LogP) is 2.17. The maximum atomic E-state index is 11.7. The standard InChI is InChI=1S/C28H42O5S.Na/c1-5-19(18(2)3)12-14-27(4,30)26-11-10-25-24-8-6-20-16-21(34(31,32)33)7-9-22(20)23(24)13-15-28(25,26)17-29;/h5,7,9,16,18,23-26,29-30H,6,8,10-15,17H2,1-4H3,(H,31,32,33);/q;+1/p-1/b19-5+;/t23-,24-,25+,26-,27+,28-;/m1./s1. The van der Waals surface area contributed by atoms with Crippen LogP contribution in [-0.2, 0) is 16.5 Å². The fraction of sp³-hybridized carbons (Fsp3) is 0.714. The van der Waals surface area contributed by atoms with E-state index in [1.807, 2.05) is 13.0 Å². The van der Waals surface area contributed by atoms with Crippen LogP contribution in [0.25, 0.3) is 0 Å². The second kappa shape index (κ2) is 10.9. The first-order valence-electron chi connectivity index (χ1n) is 13.0. The molecular formula is C28H41NaO5S. The third-order valence-corrected chi connectivity index (χ3v) is 10.6. The van der Waals surface area contributed by atoms with E-state index in [-0.39, 0.29) is 52.4 Å². The van der Waals surface area contributed by atoms with Crippen molar-refractivity contribution in [2.24, 2.45) is 29.1 Å². The molecular weight excluding hydrogens is 471 g/mol. The van der Waals surface area contributed by atoms with E-state index in [1.165, 1.54) is 17.2 Å². The first kappa shape index (κ1) is 29.3. The number of aliphatic hydroxyl groups excluding tert-OH is 1. The summed E-state index contributed by atoms with van der Waals surface area (Å²) in [6, 6.07) is 4.90. The number of hydrogen-bond acceptors (Lipinski definition) is 5. The van der Waals surface area contributed by atoms with Crippen LogP contribution in [0.15, 0.2) is 34.7 Å². The SMILES string of the molecule is C/C=C(\CC[C@](C)(O)[C@H]1CC[C@H]2[C@@H]3CCc4cc(S(=O)(=O)[O-])ccc4[C@H]3CC[C@@]21CO)C(C)C.[Na+]. The van der Waals surface area contributed by atoms with Crippen LogP contribution in [0.4, 0.5) is 0 Å². The van der Waals surface area contributed by atoms with E-state index in [2.05, 4.69) is 26.8 Å². The number of allylic oxidation sites excluding steroid dienone is 2. The van der Waals surface area contributed by atoms with Crippen LogP contribution < -0.4 is 29.6 Å². The van der Waals surface area contributed by atoms with Crippen molar-refractivity contribution in [3.05, 3.63) is 41.0 Å². The molecule has 2 N–H and O–H groups in total. The number of benzene rings is 1. The molecule has 35 heavy (non-hydrogen) atoms. The minimum Gasteiger partial charge on any atom is -0.744 e. The molecule has 0 saturated heterocycles. The van der Waals surface area contributed by atoms with E-state index in [1.54, 1.807) is 6.07 Å². The monoisotopic (exact) mass is 512 g/mol. The van der Waals surface area contributed by atoms with Gasteiger partial charge in [-0.25, -0.2) is 8.42 Å². The van der Waals surface area contributed by atoms with Gasteiger partial charge >= 0.3 is 29.6 Å². The topological polar surface area (TPSA) is 97.7 Å². The molecule has 0 aromatic heterocycles. The summed E-state index contributed by atoms with van der Waals surface area (Å²) in [5.41, 5.74) is 2.47. The van der Waals surface area contributed by atoms with Gasteiger partial charge in [-0.15, -0.1) is 0 Å². The zero-order valence-electron chi connectivity index (χ0n) is 22.1. The van der Waals surface area contributed by atoms with E-state index < -0.39 is 15.7 Å². The van der Waals surface area contributed by atoms with Gasteiger partial charge < -0.3 is 14.8 Å². The van der Waals surface area contributed by atoms with Crippen LogP contribution in [0.1, 0.15) is 89.7 Å². The van der Waals surface area contributed by atoms with E-state index in [0.29, 0.717) is 30.1 Å². The molecule has 0 aliphatic heterocycles. The predicted molar refractivity (Wildman–Crippen MR) is 132 cm³/mol. The summed E-state index contributed by atoms with van der Waals surface area (Å²) in [5, 5.41) is 22.5. The van der Waals surface area contributed by atoms with Gasteiger partial charge in [-0.1, -0.05) is 31.6 Å². The van der Waals surface area contributed by atoms with Gasteiger partial charge in [0.2, 0.25) is 0 Å². The average Bonchev–Trinajstić information content (AvgIpc) is 3.19. The zero-order chi connectivity index (χ0) is 24.9. The van der Waals surface area contributed by atoms with Crippen LogP contribution in [0.2, 0.25) is 0 Å². The second-order valence-corrected chi connectivity index (χ2v) is 13.0. The van der Waals surface area contributed by atoms with Crippen molar-refractivity contribution in [2.45, 2.75) is 95.5 Å². The molecule has 5 nitrogen and oxygen atoms in total. The summed E-state index contributed by atoms with van der Waals surface area (Å²) in [4.78, 5) is -0.135. The van der Waals surface area contributed by atoms with E-state index in [9.17, 15) is 23.2 Å². The van der Waals surface area contributed by atoms with Crippen LogP contribution in [0.5, 0.6) is 0 Å². The van der Waals surface area contributed by atoms with Gasteiger partial charge in [0.15, 0.2) is 0 Å². The summed E-state index contributed by atoms with van der Waals surface area (Å²) in [6.07, 6.45) is 9.24. The van der Waals surface area contributed by atoms with Crippen molar-refractivity contribution in [3.63, 3.8) is 0 Å². The van der Waals surface area contributed by atoms with E-state index in [4.69, 9.17) is 0 Å². The Morgan fingerprint density at radius 1 is 1.26 bits per heavy atom. The van der Waals surface area contributed by atoms with Crippen molar-refractivity contribution in [1.29, 1.82) is 0 Å². The maximum Gasteiger partial charge on any atom is 1.00 e. The third kappa shape index (κ3) is 5.36. The fourth-order valence-electron chi connectivity index (χ4n) is 8.10.